The molecule has 0 atom stereocenters. The molecule has 0 fully saturated rings. The molecule has 0 spiro atoms. The van der Waals surface area contributed by atoms with E-state index in [0.717, 1.165) is 6.42 Å². The average Bonchev–Trinajstić information content (AvgIpc) is 2.69. The van der Waals surface area contributed by atoms with Crippen LogP contribution in [0.3, 0.4) is 0 Å². The number of nitro groups is 1. The third-order valence-electron chi connectivity index (χ3n) is 3.83. The summed E-state index contributed by atoms with van der Waals surface area (Å²) in [5.41, 5.74) is 1.38. The molecule has 0 aromatic heterocycles. The van der Waals surface area contributed by atoms with Crippen molar-refractivity contribution in [2.75, 3.05) is 6.61 Å². The molecule has 0 N–H and O–H groups in total. The number of ether oxygens (including phenoxy) is 2. The Kier molecular flexibility index (Phi) is 5.79. The molecule has 0 aliphatic carbocycles. The van der Waals surface area contributed by atoms with Gasteiger partial charge in [-0.25, -0.2) is 4.79 Å². The first-order valence-corrected chi connectivity index (χ1v) is 8.35. The molecule has 0 aliphatic heterocycles. The standard InChI is InChI=1S/C21H17NO5/c23-21(27-20-8-4-7-18(15-20)22(24)25)17-9-11-19(12-10-17)26-14-13-16-5-2-1-3-6-16/h1-12,15H,13-14H2. The van der Waals surface area contributed by atoms with Crippen LogP contribution in [-0.2, 0) is 6.42 Å². The van der Waals surface area contributed by atoms with Crippen LogP contribution in [0.2, 0.25) is 0 Å². The number of benzene rings is 3. The molecule has 3 rings (SSSR count). The van der Waals surface area contributed by atoms with E-state index < -0.39 is 10.9 Å². The lowest BCUT2D eigenvalue weighted by Crippen LogP contribution is -2.08. The summed E-state index contributed by atoms with van der Waals surface area (Å²) in [6, 6.07) is 22.1. The van der Waals surface area contributed by atoms with Crippen LogP contribution >= 0.6 is 0 Å². The van der Waals surface area contributed by atoms with E-state index in [1.54, 1.807) is 24.3 Å². The van der Waals surface area contributed by atoms with Gasteiger partial charge in [0.2, 0.25) is 0 Å². The number of nitrogens with zero attached hydrogens (tertiary/aromatic N) is 1. The van der Waals surface area contributed by atoms with Crippen LogP contribution in [0.15, 0.2) is 78.9 Å². The first-order chi connectivity index (χ1) is 13.1. The van der Waals surface area contributed by atoms with Gasteiger partial charge in [-0.1, -0.05) is 36.4 Å². The summed E-state index contributed by atoms with van der Waals surface area (Å²) >= 11 is 0. The van der Waals surface area contributed by atoms with Crippen molar-refractivity contribution >= 4 is 11.7 Å². The van der Waals surface area contributed by atoms with Gasteiger partial charge in [-0.3, -0.25) is 10.1 Å². The van der Waals surface area contributed by atoms with E-state index in [9.17, 15) is 14.9 Å². The third kappa shape index (κ3) is 5.15. The summed E-state index contributed by atoms with van der Waals surface area (Å²) < 4.78 is 10.9. The average molecular weight is 363 g/mol. The van der Waals surface area contributed by atoms with Gasteiger partial charge in [0, 0.05) is 12.5 Å². The maximum Gasteiger partial charge on any atom is 0.343 e. The normalized spacial score (nSPS) is 10.2. The largest absolute Gasteiger partial charge is 0.493 e. The summed E-state index contributed by atoms with van der Waals surface area (Å²) in [5.74, 6) is 0.182. The number of nitro benzene ring substituents is 1. The van der Waals surface area contributed by atoms with Gasteiger partial charge in [0.15, 0.2) is 0 Å². The van der Waals surface area contributed by atoms with Gasteiger partial charge in [0.1, 0.15) is 11.5 Å². The number of carbonyl (C=O) groups excluding carboxylic acids is 1. The molecule has 3 aromatic carbocycles. The van der Waals surface area contributed by atoms with Gasteiger partial charge in [0.05, 0.1) is 23.2 Å². The Bertz CT molecular complexity index is 923. The van der Waals surface area contributed by atoms with E-state index in [0.29, 0.717) is 17.9 Å². The molecule has 0 unspecified atom stereocenters. The lowest BCUT2D eigenvalue weighted by molar-refractivity contribution is -0.384. The number of hydrogen-bond donors (Lipinski definition) is 0. The van der Waals surface area contributed by atoms with Crippen LogP contribution in [0.25, 0.3) is 0 Å². The van der Waals surface area contributed by atoms with E-state index in [-0.39, 0.29) is 11.4 Å². The fourth-order valence-electron chi connectivity index (χ4n) is 2.45. The van der Waals surface area contributed by atoms with Crippen molar-refractivity contribution in [2.45, 2.75) is 6.42 Å². The second-order valence-electron chi connectivity index (χ2n) is 5.75. The number of rotatable bonds is 7. The van der Waals surface area contributed by atoms with Crippen molar-refractivity contribution in [3.63, 3.8) is 0 Å². The molecule has 0 saturated carbocycles. The number of hydrogen-bond acceptors (Lipinski definition) is 5. The number of non-ortho nitro benzene ring substituents is 1. The first kappa shape index (κ1) is 18.1. The third-order valence-corrected chi connectivity index (χ3v) is 3.83. The minimum atomic E-state index is -0.591. The first-order valence-electron chi connectivity index (χ1n) is 8.35. The molecule has 6 heteroatoms. The fraction of sp³-hybridized carbons (Fsp3) is 0.0952. The minimum absolute atomic E-state index is 0.123. The highest BCUT2D eigenvalue weighted by Crippen LogP contribution is 2.21. The molecular weight excluding hydrogens is 346 g/mol. The topological polar surface area (TPSA) is 78.7 Å². The molecule has 6 nitrogen and oxygen atoms in total. The number of carbonyl (C=O) groups is 1. The molecule has 0 heterocycles. The van der Waals surface area contributed by atoms with Crippen LogP contribution in [0.5, 0.6) is 11.5 Å². The van der Waals surface area contributed by atoms with Crippen LogP contribution < -0.4 is 9.47 Å². The zero-order chi connectivity index (χ0) is 19.1. The van der Waals surface area contributed by atoms with Crippen molar-refractivity contribution in [1.29, 1.82) is 0 Å². The Morgan fingerprint density at radius 1 is 0.889 bits per heavy atom. The molecule has 27 heavy (non-hydrogen) atoms. The lowest BCUT2D eigenvalue weighted by atomic mass is 10.2. The van der Waals surface area contributed by atoms with E-state index in [1.165, 1.54) is 29.8 Å². The summed E-state index contributed by atoms with van der Waals surface area (Å²) in [4.78, 5) is 22.4. The van der Waals surface area contributed by atoms with Gasteiger partial charge in [-0.05, 0) is 35.9 Å². The van der Waals surface area contributed by atoms with E-state index in [2.05, 4.69) is 0 Å². The zero-order valence-corrected chi connectivity index (χ0v) is 14.4. The Balaban J connectivity index is 1.55. The van der Waals surface area contributed by atoms with Crippen LogP contribution in [-0.4, -0.2) is 17.5 Å². The Morgan fingerprint density at radius 3 is 2.33 bits per heavy atom. The molecule has 0 radical (unpaired) electrons. The molecule has 136 valence electrons. The molecule has 0 amide bonds. The van der Waals surface area contributed by atoms with E-state index in [4.69, 9.17) is 9.47 Å². The Labute approximate surface area is 156 Å². The predicted molar refractivity (Wildman–Crippen MR) is 100 cm³/mol. The van der Waals surface area contributed by atoms with Crippen LogP contribution in [0.1, 0.15) is 15.9 Å². The maximum absolute atomic E-state index is 12.2. The van der Waals surface area contributed by atoms with Crippen molar-refractivity contribution in [2.24, 2.45) is 0 Å². The summed E-state index contributed by atoms with van der Waals surface area (Å²) in [5, 5.41) is 10.8. The van der Waals surface area contributed by atoms with Gasteiger partial charge in [-0.2, -0.15) is 0 Å². The summed E-state index contributed by atoms with van der Waals surface area (Å²) in [6.45, 7) is 0.529. The monoisotopic (exact) mass is 363 g/mol. The minimum Gasteiger partial charge on any atom is -0.493 e. The highest BCUT2D eigenvalue weighted by atomic mass is 16.6. The van der Waals surface area contributed by atoms with Gasteiger partial charge in [0.25, 0.3) is 5.69 Å². The van der Waals surface area contributed by atoms with E-state index >= 15 is 0 Å². The highest BCUT2D eigenvalue weighted by Gasteiger charge is 2.12. The molecule has 0 bridgehead atoms. The van der Waals surface area contributed by atoms with Crippen molar-refractivity contribution in [1.82, 2.24) is 0 Å². The maximum atomic E-state index is 12.2. The molecular formula is C21H17NO5. The molecule has 0 aliphatic rings. The Hall–Kier alpha value is -3.67. The Morgan fingerprint density at radius 2 is 1.63 bits per heavy atom. The summed E-state index contributed by atoms with van der Waals surface area (Å²) in [7, 11) is 0. The van der Waals surface area contributed by atoms with Gasteiger partial charge < -0.3 is 9.47 Å². The van der Waals surface area contributed by atoms with Gasteiger partial charge >= 0.3 is 5.97 Å². The number of esters is 1. The second kappa shape index (κ2) is 8.62. The lowest BCUT2D eigenvalue weighted by Gasteiger charge is -2.08. The fourth-order valence-corrected chi connectivity index (χ4v) is 2.45. The highest BCUT2D eigenvalue weighted by molar-refractivity contribution is 5.91. The predicted octanol–water partition coefficient (Wildman–Crippen LogP) is 4.44. The van der Waals surface area contributed by atoms with Gasteiger partial charge in [-0.15, -0.1) is 0 Å². The second-order valence-corrected chi connectivity index (χ2v) is 5.75. The van der Waals surface area contributed by atoms with Crippen LogP contribution in [0, 0.1) is 10.1 Å². The summed E-state index contributed by atoms with van der Waals surface area (Å²) in [6.07, 6.45) is 0.789. The van der Waals surface area contributed by atoms with E-state index in [1.807, 2.05) is 30.3 Å². The van der Waals surface area contributed by atoms with Crippen LogP contribution in [0.4, 0.5) is 5.69 Å². The van der Waals surface area contributed by atoms with Crippen molar-refractivity contribution in [3.8, 4) is 11.5 Å². The zero-order valence-electron chi connectivity index (χ0n) is 14.4. The quantitative estimate of drug-likeness (QED) is 0.268. The molecule has 3 aromatic rings. The van der Waals surface area contributed by atoms with Crippen molar-refractivity contribution < 1.29 is 19.2 Å². The smallest absolute Gasteiger partial charge is 0.343 e. The SMILES string of the molecule is O=C(Oc1cccc([N+](=O)[O-])c1)c1ccc(OCCc2ccccc2)cc1. The molecule has 0 saturated heterocycles. The van der Waals surface area contributed by atoms with Crippen molar-refractivity contribution in [3.05, 3.63) is 100 Å².